The molecule has 5 nitrogen and oxygen atoms in total. The molecule has 3 aromatic rings. The smallest absolute Gasteiger partial charge is 0.234 e. The van der Waals surface area contributed by atoms with Crippen molar-refractivity contribution in [3.8, 4) is 11.5 Å². The maximum absolute atomic E-state index is 13.8. The van der Waals surface area contributed by atoms with Crippen LogP contribution in [0.2, 0.25) is 0 Å². The Morgan fingerprint density at radius 3 is 1.69 bits per heavy atom. The van der Waals surface area contributed by atoms with Crippen LogP contribution in [0.15, 0.2) is 91.0 Å². The fourth-order valence-corrected chi connectivity index (χ4v) is 5.49. The van der Waals surface area contributed by atoms with Gasteiger partial charge >= 0.3 is 0 Å². The van der Waals surface area contributed by atoms with Gasteiger partial charge < -0.3 is 9.47 Å². The number of nitrogens with zero attached hydrogens (tertiary/aromatic N) is 1. The number of hydrogen-bond donors (Lipinski definition) is 0. The molecule has 5 rings (SSSR count). The van der Waals surface area contributed by atoms with E-state index in [1.807, 2.05) is 78.9 Å². The van der Waals surface area contributed by atoms with E-state index < -0.39 is 11.8 Å². The van der Waals surface area contributed by atoms with Gasteiger partial charge in [0.2, 0.25) is 11.8 Å². The summed E-state index contributed by atoms with van der Waals surface area (Å²) in [6.45, 7) is 0.336. The molecule has 1 heterocycles. The maximum atomic E-state index is 13.8. The minimum Gasteiger partial charge on any atom is -0.493 e. The van der Waals surface area contributed by atoms with Gasteiger partial charge in [-0.05, 0) is 35.2 Å². The molecule has 0 aromatic heterocycles. The van der Waals surface area contributed by atoms with Crippen molar-refractivity contribution < 1.29 is 19.1 Å². The van der Waals surface area contributed by atoms with Crippen LogP contribution in [-0.2, 0) is 16.0 Å². The Hall–Kier alpha value is -3.86. The predicted octanol–water partition coefficient (Wildman–Crippen LogP) is 4.98. The molecule has 1 fully saturated rings. The van der Waals surface area contributed by atoms with E-state index in [0.29, 0.717) is 24.5 Å². The molecule has 2 aliphatic rings. The van der Waals surface area contributed by atoms with Gasteiger partial charge in [0.05, 0.1) is 26.1 Å². The summed E-state index contributed by atoms with van der Waals surface area (Å²) in [6.07, 6.45) is 4.80. The normalized spacial score (nSPS) is 23.3. The van der Waals surface area contributed by atoms with E-state index >= 15 is 0 Å². The average molecular weight is 468 g/mol. The van der Waals surface area contributed by atoms with Gasteiger partial charge in [0.25, 0.3) is 0 Å². The number of ether oxygens (including phenoxy) is 2. The second kappa shape index (κ2) is 9.79. The van der Waals surface area contributed by atoms with Gasteiger partial charge in [-0.25, -0.2) is 0 Å². The van der Waals surface area contributed by atoms with Crippen molar-refractivity contribution in [1.82, 2.24) is 4.90 Å². The monoisotopic (exact) mass is 467 g/mol. The molecule has 35 heavy (non-hydrogen) atoms. The van der Waals surface area contributed by atoms with Crippen molar-refractivity contribution in [2.45, 2.75) is 18.3 Å². The highest BCUT2D eigenvalue weighted by molar-refractivity contribution is 6.06. The Balaban J connectivity index is 1.45. The molecule has 4 atom stereocenters. The van der Waals surface area contributed by atoms with E-state index in [9.17, 15) is 9.59 Å². The number of imide groups is 1. The highest BCUT2D eigenvalue weighted by atomic mass is 16.5. The first-order valence-electron chi connectivity index (χ1n) is 12.0. The molecule has 0 bridgehead atoms. The number of methoxy groups -OCH3 is 2. The molecule has 1 saturated heterocycles. The fourth-order valence-electron chi connectivity index (χ4n) is 5.49. The van der Waals surface area contributed by atoms with Crippen LogP contribution in [0.5, 0.6) is 11.5 Å². The molecule has 1 aliphatic heterocycles. The van der Waals surface area contributed by atoms with Crippen LogP contribution >= 0.6 is 0 Å². The third kappa shape index (κ3) is 4.23. The zero-order valence-electron chi connectivity index (χ0n) is 20.0. The second-order valence-electron chi connectivity index (χ2n) is 9.08. The summed E-state index contributed by atoms with van der Waals surface area (Å²) in [5.41, 5.74) is 3.11. The lowest BCUT2D eigenvalue weighted by Crippen LogP contribution is -2.33. The van der Waals surface area contributed by atoms with Crippen molar-refractivity contribution in [3.05, 3.63) is 108 Å². The highest BCUT2D eigenvalue weighted by Crippen LogP contribution is 2.49. The van der Waals surface area contributed by atoms with Gasteiger partial charge in [0.15, 0.2) is 11.5 Å². The lowest BCUT2D eigenvalue weighted by molar-refractivity contribution is -0.139. The first-order valence-corrected chi connectivity index (χ1v) is 12.0. The fraction of sp³-hybridized carbons (Fsp3) is 0.267. The molecule has 5 heteroatoms. The molecular weight excluding hydrogens is 438 g/mol. The van der Waals surface area contributed by atoms with Crippen LogP contribution in [0.25, 0.3) is 0 Å². The standard InChI is InChI=1S/C30H29NO4/c1-34-25-16-13-20(19-26(25)35-2)17-18-31-29(32)27-23(21-9-5-3-6-10-21)14-15-24(28(27)30(31)33)22-11-7-4-8-12-22/h3-16,19,23-24,27-28H,17-18H2,1-2H3. The van der Waals surface area contributed by atoms with Crippen LogP contribution in [0.4, 0.5) is 0 Å². The Bertz CT molecular complexity index is 1170. The highest BCUT2D eigenvalue weighted by Gasteiger charge is 2.54. The van der Waals surface area contributed by atoms with Crippen LogP contribution in [0.1, 0.15) is 28.5 Å². The van der Waals surface area contributed by atoms with Gasteiger partial charge in [-0.3, -0.25) is 14.5 Å². The topological polar surface area (TPSA) is 55.8 Å². The first-order chi connectivity index (χ1) is 17.1. The Labute approximate surface area is 206 Å². The van der Waals surface area contributed by atoms with Crippen molar-refractivity contribution in [1.29, 1.82) is 0 Å². The molecule has 4 unspecified atom stereocenters. The number of rotatable bonds is 7. The quantitative estimate of drug-likeness (QED) is 0.363. The van der Waals surface area contributed by atoms with E-state index in [1.54, 1.807) is 14.2 Å². The van der Waals surface area contributed by atoms with Gasteiger partial charge in [-0.15, -0.1) is 0 Å². The number of carbonyl (C=O) groups is 2. The summed E-state index contributed by atoms with van der Waals surface area (Å²) >= 11 is 0. The second-order valence-corrected chi connectivity index (χ2v) is 9.08. The molecule has 3 aromatic carbocycles. The average Bonchev–Trinajstić information content (AvgIpc) is 3.17. The number of amides is 2. The summed E-state index contributed by atoms with van der Waals surface area (Å²) in [7, 11) is 3.20. The lowest BCUT2D eigenvalue weighted by Gasteiger charge is -2.32. The van der Waals surface area contributed by atoms with Crippen molar-refractivity contribution in [2.75, 3.05) is 20.8 Å². The number of benzene rings is 3. The van der Waals surface area contributed by atoms with E-state index in [-0.39, 0.29) is 23.7 Å². The van der Waals surface area contributed by atoms with E-state index in [2.05, 4.69) is 12.2 Å². The molecule has 0 radical (unpaired) electrons. The van der Waals surface area contributed by atoms with Crippen LogP contribution < -0.4 is 9.47 Å². The molecule has 1 aliphatic carbocycles. The molecule has 2 amide bonds. The number of carbonyl (C=O) groups excluding carboxylic acids is 2. The summed E-state index contributed by atoms with van der Waals surface area (Å²) in [5.74, 6) is 0.0518. The summed E-state index contributed by atoms with van der Waals surface area (Å²) < 4.78 is 10.7. The van der Waals surface area contributed by atoms with Crippen molar-refractivity contribution >= 4 is 11.8 Å². The zero-order chi connectivity index (χ0) is 24.4. The van der Waals surface area contributed by atoms with Crippen molar-refractivity contribution in [3.63, 3.8) is 0 Å². The number of likely N-dealkylation sites (tertiary alicyclic amines) is 1. The van der Waals surface area contributed by atoms with Gasteiger partial charge in [0, 0.05) is 18.4 Å². The summed E-state index contributed by atoms with van der Waals surface area (Å²) in [5, 5.41) is 0. The molecule has 0 N–H and O–H groups in total. The Morgan fingerprint density at radius 1 is 0.686 bits per heavy atom. The van der Waals surface area contributed by atoms with Gasteiger partial charge in [-0.1, -0.05) is 78.9 Å². The predicted molar refractivity (Wildman–Crippen MR) is 134 cm³/mol. The molecular formula is C30H29NO4. The van der Waals surface area contributed by atoms with E-state index in [0.717, 1.165) is 16.7 Å². The van der Waals surface area contributed by atoms with Crippen LogP contribution in [0.3, 0.4) is 0 Å². The lowest BCUT2D eigenvalue weighted by atomic mass is 9.68. The molecule has 0 spiro atoms. The van der Waals surface area contributed by atoms with Gasteiger partial charge in [0.1, 0.15) is 0 Å². The minimum atomic E-state index is -0.412. The molecule has 178 valence electrons. The molecule has 0 saturated carbocycles. The SMILES string of the molecule is COc1ccc(CCN2C(=O)C3C(c4ccccc4)C=CC(c4ccccc4)C3C2=O)cc1OC. The number of allylic oxidation sites excluding steroid dienone is 2. The third-order valence-corrected chi connectivity index (χ3v) is 7.23. The largest absolute Gasteiger partial charge is 0.493 e. The zero-order valence-corrected chi connectivity index (χ0v) is 20.0. The summed E-state index contributed by atoms with van der Waals surface area (Å²) in [4.78, 5) is 29.0. The van der Waals surface area contributed by atoms with Crippen LogP contribution in [-0.4, -0.2) is 37.5 Å². The first kappa shape index (κ1) is 22.9. The Kier molecular flexibility index (Phi) is 6.41. The third-order valence-electron chi connectivity index (χ3n) is 7.23. The van der Waals surface area contributed by atoms with Crippen molar-refractivity contribution in [2.24, 2.45) is 11.8 Å². The number of hydrogen-bond acceptors (Lipinski definition) is 4. The van der Waals surface area contributed by atoms with E-state index in [1.165, 1.54) is 4.90 Å². The van der Waals surface area contributed by atoms with Gasteiger partial charge in [-0.2, -0.15) is 0 Å². The number of fused-ring (bicyclic) bond motifs is 1. The maximum Gasteiger partial charge on any atom is 0.234 e. The van der Waals surface area contributed by atoms with Crippen LogP contribution in [0, 0.1) is 11.8 Å². The summed E-state index contributed by atoms with van der Waals surface area (Å²) in [6, 6.07) is 25.7. The Morgan fingerprint density at radius 2 is 1.20 bits per heavy atom. The van der Waals surface area contributed by atoms with E-state index in [4.69, 9.17) is 9.47 Å². The minimum absolute atomic E-state index is 0.0837.